The number of hydrogen-bond donors (Lipinski definition) is 1. The predicted octanol–water partition coefficient (Wildman–Crippen LogP) is 3.69. The number of rotatable bonds is 1. The lowest BCUT2D eigenvalue weighted by Gasteiger charge is -2.13. The molecule has 0 atom stereocenters. The van der Waals surface area contributed by atoms with Crippen LogP contribution in [0, 0.1) is 19.7 Å². The Labute approximate surface area is 98.4 Å². The van der Waals surface area contributed by atoms with Crippen LogP contribution in [0.1, 0.15) is 11.3 Å². The SMILES string of the molecule is CNc1c(C)c(C)nc2c(Cl)ccc(F)c12. The van der Waals surface area contributed by atoms with Crippen LogP contribution in [0.25, 0.3) is 10.9 Å². The van der Waals surface area contributed by atoms with Gasteiger partial charge in [0, 0.05) is 12.7 Å². The van der Waals surface area contributed by atoms with Crippen molar-refractivity contribution < 1.29 is 4.39 Å². The van der Waals surface area contributed by atoms with Crippen molar-refractivity contribution in [2.75, 3.05) is 12.4 Å². The number of hydrogen-bond acceptors (Lipinski definition) is 2. The van der Waals surface area contributed by atoms with E-state index in [0.717, 1.165) is 16.9 Å². The van der Waals surface area contributed by atoms with Gasteiger partial charge in [0.1, 0.15) is 5.82 Å². The van der Waals surface area contributed by atoms with Crippen molar-refractivity contribution in [2.24, 2.45) is 0 Å². The van der Waals surface area contributed by atoms with Gasteiger partial charge >= 0.3 is 0 Å². The number of halogens is 2. The van der Waals surface area contributed by atoms with Gasteiger partial charge in [0.15, 0.2) is 0 Å². The maximum Gasteiger partial charge on any atom is 0.134 e. The van der Waals surface area contributed by atoms with Crippen LogP contribution in [0.15, 0.2) is 12.1 Å². The first kappa shape index (κ1) is 11.1. The third-order valence-corrected chi connectivity index (χ3v) is 3.08. The summed E-state index contributed by atoms with van der Waals surface area (Å²) in [7, 11) is 1.77. The van der Waals surface area contributed by atoms with Crippen molar-refractivity contribution in [3.63, 3.8) is 0 Å². The molecule has 0 fully saturated rings. The molecule has 0 aliphatic carbocycles. The van der Waals surface area contributed by atoms with E-state index in [-0.39, 0.29) is 5.82 Å². The molecule has 0 saturated carbocycles. The van der Waals surface area contributed by atoms with Crippen LogP contribution in [-0.4, -0.2) is 12.0 Å². The second kappa shape index (κ2) is 3.91. The molecule has 0 saturated heterocycles. The number of anilines is 1. The summed E-state index contributed by atoms with van der Waals surface area (Å²) in [6.45, 7) is 3.80. The Kier molecular flexibility index (Phi) is 2.72. The highest BCUT2D eigenvalue weighted by Crippen LogP contribution is 2.33. The standard InChI is InChI=1S/C12H12ClFN2/c1-6-7(2)16-12-8(13)4-5-9(14)10(12)11(6)15-3/h4-5H,1-3H3,(H,15,16). The number of aryl methyl sites for hydroxylation is 1. The first-order valence-corrected chi connectivity index (χ1v) is 5.36. The zero-order valence-corrected chi connectivity index (χ0v) is 10.1. The highest BCUT2D eigenvalue weighted by molar-refractivity contribution is 6.35. The van der Waals surface area contributed by atoms with Crippen molar-refractivity contribution in [1.29, 1.82) is 0 Å². The van der Waals surface area contributed by atoms with Crippen LogP contribution in [0.5, 0.6) is 0 Å². The van der Waals surface area contributed by atoms with Gasteiger partial charge in [-0.25, -0.2) is 4.39 Å². The van der Waals surface area contributed by atoms with E-state index in [1.54, 1.807) is 7.05 Å². The largest absolute Gasteiger partial charge is 0.387 e. The van der Waals surface area contributed by atoms with E-state index in [4.69, 9.17) is 11.6 Å². The van der Waals surface area contributed by atoms with Crippen LogP contribution in [0.3, 0.4) is 0 Å². The number of aromatic nitrogens is 1. The molecule has 0 bridgehead atoms. The first-order chi connectivity index (χ1) is 7.56. The minimum atomic E-state index is -0.306. The van der Waals surface area contributed by atoms with Gasteiger partial charge in [-0.15, -0.1) is 0 Å². The molecular formula is C12H12ClFN2. The number of nitrogens with zero attached hydrogens (tertiary/aromatic N) is 1. The highest BCUT2D eigenvalue weighted by Gasteiger charge is 2.14. The van der Waals surface area contributed by atoms with Crippen LogP contribution in [0.2, 0.25) is 5.02 Å². The minimum absolute atomic E-state index is 0.306. The molecule has 2 nitrogen and oxygen atoms in total. The molecule has 1 aromatic heterocycles. The molecule has 0 radical (unpaired) electrons. The predicted molar refractivity (Wildman–Crippen MR) is 65.7 cm³/mol. The normalized spacial score (nSPS) is 10.8. The van der Waals surface area contributed by atoms with Crippen LogP contribution in [0.4, 0.5) is 10.1 Å². The summed E-state index contributed by atoms with van der Waals surface area (Å²) in [6, 6.07) is 2.89. The van der Waals surface area contributed by atoms with E-state index < -0.39 is 0 Å². The third kappa shape index (κ3) is 1.52. The van der Waals surface area contributed by atoms with Gasteiger partial charge in [0.05, 0.1) is 21.6 Å². The zero-order valence-electron chi connectivity index (χ0n) is 9.36. The molecule has 2 rings (SSSR count). The van der Waals surface area contributed by atoms with Crippen molar-refractivity contribution >= 4 is 28.2 Å². The van der Waals surface area contributed by atoms with E-state index in [2.05, 4.69) is 10.3 Å². The summed E-state index contributed by atoms with van der Waals surface area (Å²) in [5, 5.41) is 3.93. The lowest BCUT2D eigenvalue weighted by Crippen LogP contribution is -2.00. The molecule has 0 aliphatic heterocycles. The van der Waals surface area contributed by atoms with Gasteiger partial charge in [-0.05, 0) is 31.5 Å². The Morgan fingerprint density at radius 2 is 2.00 bits per heavy atom. The first-order valence-electron chi connectivity index (χ1n) is 4.99. The molecule has 1 N–H and O–H groups in total. The quantitative estimate of drug-likeness (QED) is 0.820. The molecule has 0 unspecified atom stereocenters. The Morgan fingerprint density at radius 1 is 1.31 bits per heavy atom. The monoisotopic (exact) mass is 238 g/mol. The van der Waals surface area contributed by atoms with Gasteiger partial charge in [-0.1, -0.05) is 11.6 Å². The molecule has 1 aromatic carbocycles. The van der Waals surface area contributed by atoms with Crippen molar-refractivity contribution in [3.8, 4) is 0 Å². The summed E-state index contributed by atoms with van der Waals surface area (Å²) >= 11 is 6.03. The van der Waals surface area contributed by atoms with E-state index in [9.17, 15) is 4.39 Å². The van der Waals surface area contributed by atoms with Crippen LogP contribution < -0.4 is 5.32 Å². The number of pyridine rings is 1. The fourth-order valence-corrected chi connectivity index (χ4v) is 2.02. The van der Waals surface area contributed by atoms with Gasteiger partial charge in [0.2, 0.25) is 0 Å². The lowest BCUT2D eigenvalue weighted by molar-refractivity contribution is 0.639. The third-order valence-electron chi connectivity index (χ3n) is 2.78. The summed E-state index contributed by atoms with van der Waals surface area (Å²) in [5.41, 5.74) is 3.05. The molecular weight excluding hydrogens is 227 g/mol. The van der Waals surface area contributed by atoms with Crippen LogP contribution >= 0.6 is 11.6 Å². The second-order valence-electron chi connectivity index (χ2n) is 3.70. The Balaban J connectivity index is 3.02. The average molecular weight is 239 g/mol. The highest BCUT2D eigenvalue weighted by atomic mass is 35.5. The number of nitrogens with one attached hydrogen (secondary N) is 1. The second-order valence-corrected chi connectivity index (χ2v) is 4.11. The number of fused-ring (bicyclic) bond motifs is 1. The van der Waals surface area contributed by atoms with E-state index in [1.165, 1.54) is 12.1 Å². The fraction of sp³-hybridized carbons (Fsp3) is 0.250. The van der Waals surface area contributed by atoms with Crippen LogP contribution in [-0.2, 0) is 0 Å². The summed E-state index contributed by atoms with van der Waals surface area (Å²) in [5.74, 6) is -0.306. The summed E-state index contributed by atoms with van der Waals surface area (Å²) in [6.07, 6.45) is 0. The summed E-state index contributed by atoms with van der Waals surface area (Å²) < 4.78 is 13.8. The maximum atomic E-state index is 13.8. The van der Waals surface area contributed by atoms with Crippen molar-refractivity contribution in [1.82, 2.24) is 4.98 Å². The Morgan fingerprint density at radius 3 is 2.62 bits per heavy atom. The summed E-state index contributed by atoms with van der Waals surface area (Å²) in [4.78, 5) is 4.33. The van der Waals surface area contributed by atoms with E-state index in [0.29, 0.717) is 15.9 Å². The van der Waals surface area contributed by atoms with Crippen molar-refractivity contribution in [3.05, 3.63) is 34.2 Å². The van der Waals surface area contributed by atoms with Gasteiger partial charge < -0.3 is 5.32 Å². The smallest absolute Gasteiger partial charge is 0.134 e. The van der Waals surface area contributed by atoms with E-state index in [1.807, 2.05) is 13.8 Å². The molecule has 2 aromatic rings. The topological polar surface area (TPSA) is 24.9 Å². The molecule has 0 amide bonds. The van der Waals surface area contributed by atoms with Gasteiger partial charge in [-0.3, -0.25) is 4.98 Å². The molecule has 16 heavy (non-hydrogen) atoms. The molecule has 0 aliphatic rings. The van der Waals surface area contributed by atoms with Gasteiger partial charge in [-0.2, -0.15) is 0 Å². The number of benzene rings is 1. The molecule has 4 heteroatoms. The average Bonchev–Trinajstić information content (AvgIpc) is 2.26. The maximum absolute atomic E-state index is 13.8. The molecule has 84 valence electrons. The molecule has 0 spiro atoms. The molecule has 1 heterocycles. The lowest BCUT2D eigenvalue weighted by atomic mass is 10.1. The van der Waals surface area contributed by atoms with Gasteiger partial charge in [0.25, 0.3) is 0 Å². The van der Waals surface area contributed by atoms with Crippen molar-refractivity contribution in [2.45, 2.75) is 13.8 Å². The van der Waals surface area contributed by atoms with E-state index >= 15 is 0 Å². The Hall–Kier alpha value is -1.35. The fourth-order valence-electron chi connectivity index (χ4n) is 1.82. The minimum Gasteiger partial charge on any atom is -0.387 e. The zero-order chi connectivity index (χ0) is 11.9. The Bertz CT molecular complexity index is 567.